The molecular weight excluding hydrogens is 345 g/mol. The number of hydrogen-bond acceptors (Lipinski definition) is 2. The number of rotatable bonds is 5. The number of nitrogens with one attached hydrogen (secondary N) is 1. The average molecular weight is 361 g/mol. The van der Waals surface area contributed by atoms with Gasteiger partial charge in [0.2, 0.25) is 0 Å². The Bertz CT molecular complexity index is 446. The number of amides is 1. The van der Waals surface area contributed by atoms with Crippen molar-refractivity contribution in [1.82, 2.24) is 5.32 Å². The second kappa shape index (κ2) is 6.72. The Balaban J connectivity index is 2.66. The van der Waals surface area contributed by atoms with Crippen LogP contribution in [0.1, 0.15) is 24.2 Å². The first-order valence-corrected chi connectivity index (χ1v) is 6.77. The monoisotopic (exact) mass is 361 g/mol. The van der Waals surface area contributed by atoms with Gasteiger partial charge in [-0.1, -0.05) is 26.0 Å². The number of carboxylic acids is 1. The molecule has 1 atom stereocenters. The van der Waals surface area contributed by atoms with E-state index >= 15 is 0 Å². The topological polar surface area (TPSA) is 66.4 Å². The van der Waals surface area contributed by atoms with E-state index in [9.17, 15) is 9.59 Å². The summed E-state index contributed by atoms with van der Waals surface area (Å²) in [5.41, 5.74) is 0.575. The lowest BCUT2D eigenvalue weighted by atomic mass is 9.96. The molecule has 0 aromatic heterocycles. The molecule has 1 aromatic carbocycles. The lowest BCUT2D eigenvalue weighted by Gasteiger charge is -2.16. The van der Waals surface area contributed by atoms with Gasteiger partial charge in [-0.25, -0.2) is 0 Å². The van der Waals surface area contributed by atoms with E-state index in [4.69, 9.17) is 5.11 Å². The highest BCUT2D eigenvalue weighted by Crippen LogP contribution is 2.13. The van der Waals surface area contributed by atoms with Crippen molar-refractivity contribution in [3.8, 4) is 0 Å². The zero-order chi connectivity index (χ0) is 13.7. The van der Waals surface area contributed by atoms with Gasteiger partial charge in [0.1, 0.15) is 0 Å². The van der Waals surface area contributed by atoms with Gasteiger partial charge in [0.25, 0.3) is 5.91 Å². The fourth-order valence-electron chi connectivity index (χ4n) is 1.55. The van der Waals surface area contributed by atoms with Crippen LogP contribution in [0.15, 0.2) is 24.3 Å². The molecule has 18 heavy (non-hydrogen) atoms. The first kappa shape index (κ1) is 14.9. The van der Waals surface area contributed by atoms with Crippen LogP contribution in [0.4, 0.5) is 0 Å². The van der Waals surface area contributed by atoms with E-state index in [1.165, 1.54) is 0 Å². The Kier molecular flexibility index (Phi) is 5.58. The largest absolute Gasteiger partial charge is 0.481 e. The van der Waals surface area contributed by atoms with Gasteiger partial charge in [-0.2, -0.15) is 0 Å². The number of aliphatic carboxylic acids is 1. The van der Waals surface area contributed by atoms with Crippen molar-refractivity contribution in [1.29, 1.82) is 0 Å². The predicted molar refractivity (Wildman–Crippen MR) is 77.5 cm³/mol. The molecule has 0 aliphatic heterocycles. The Morgan fingerprint density at radius 1 is 1.33 bits per heavy atom. The van der Waals surface area contributed by atoms with Crippen LogP contribution in [0.2, 0.25) is 0 Å². The van der Waals surface area contributed by atoms with E-state index in [-0.39, 0.29) is 18.4 Å². The minimum Gasteiger partial charge on any atom is -0.481 e. The van der Waals surface area contributed by atoms with Crippen molar-refractivity contribution in [3.63, 3.8) is 0 Å². The van der Waals surface area contributed by atoms with E-state index in [0.717, 1.165) is 3.57 Å². The summed E-state index contributed by atoms with van der Waals surface area (Å²) in [6, 6.07) is 7.20. The fraction of sp³-hybridized carbons (Fsp3) is 0.385. The van der Waals surface area contributed by atoms with Gasteiger partial charge in [-0.15, -0.1) is 0 Å². The molecule has 4 nitrogen and oxygen atoms in total. The number of halogens is 1. The fourth-order valence-corrected chi connectivity index (χ4v) is 2.18. The van der Waals surface area contributed by atoms with Crippen LogP contribution in [0, 0.1) is 15.4 Å². The van der Waals surface area contributed by atoms with Gasteiger partial charge in [-0.3, -0.25) is 9.59 Å². The molecule has 0 bridgehead atoms. The lowest BCUT2D eigenvalue weighted by molar-refractivity contribution is -0.142. The molecule has 0 spiro atoms. The zero-order valence-electron chi connectivity index (χ0n) is 10.3. The molecule has 0 heterocycles. The van der Waals surface area contributed by atoms with Crippen LogP contribution in [0.5, 0.6) is 0 Å². The summed E-state index contributed by atoms with van der Waals surface area (Å²) in [6.07, 6.45) is 0. The molecule has 0 saturated heterocycles. The van der Waals surface area contributed by atoms with Crippen LogP contribution in [-0.2, 0) is 4.79 Å². The SMILES string of the molecule is CC(C)C(CNC(=O)c1ccccc1I)C(=O)O. The van der Waals surface area contributed by atoms with Gasteiger partial charge in [0.15, 0.2) is 0 Å². The summed E-state index contributed by atoms with van der Waals surface area (Å²) in [6.45, 7) is 3.81. The number of benzene rings is 1. The Hall–Kier alpha value is -1.11. The highest BCUT2D eigenvalue weighted by Gasteiger charge is 2.22. The zero-order valence-corrected chi connectivity index (χ0v) is 12.5. The second-order valence-electron chi connectivity index (χ2n) is 4.38. The molecule has 0 fully saturated rings. The maximum Gasteiger partial charge on any atom is 0.308 e. The molecule has 0 saturated carbocycles. The summed E-state index contributed by atoms with van der Waals surface area (Å²) >= 11 is 2.08. The van der Waals surface area contributed by atoms with Gasteiger partial charge in [-0.05, 0) is 40.6 Å². The van der Waals surface area contributed by atoms with Gasteiger partial charge in [0.05, 0.1) is 11.5 Å². The van der Waals surface area contributed by atoms with Crippen LogP contribution >= 0.6 is 22.6 Å². The van der Waals surface area contributed by atoms with Crippen molar-refractivity contribution < 1.29 is 14.7 Å². The van der Waals surface area contributed by atoms with E-state index in [2.05, 4.69) is 27.9 Å². The molecule has 5 heteroatoms. The Morgan fingerprint density at radius 2 is 1.94 bits per heavy atom. The Labute approximate surface area is 120 Å². The molecule has 98 valence electrons. The van der Waals surface area contributed by atoms with Crippen molar-refractivity contribution in [2.75, 3.05) is 6.54 Å². The number of hydrogen-bond donors (Lipinski definition) is 2. The molecule has 0 radical (unpaired) electrons. The molecule has 2 N–H and O–H groups in total. The van der Waals surface area contributed by atoms with E-state index in [1.807, 2.05) is 26.0 Å². The third kappa shape index (κ3) is 3.97. The summed E-state index contributed by atoms with van der Waals surface area (Å²) in [7, 11) is 0. The molecule has 1 aromatic rings. The first-order valence-electron chi connectivity index (χ1n) is 5.69. The van der Waals surface area contributed by atoms with E-state index < -0.39 is 11.9 Å². The molecule has 1 unspecified atom stereocenters. The highest BCUT2D eigenvalue weighted by atomic mass is 127. The quantitative estimate of drug-likeness (QED) is 0.792. The number of carboxylic acid groups (broad SMARTS) is 1. The van der Waals surface area contributed by atoms with Crippen LogP contribution in [0.25, 0.3) is 0 Å². The molecule has 0 aliphatic rings. The van der Waals surface area contributed by atoms with Crippen molar-refractivity contribution in [3.05, 3.63) is 33.4 Å². The molecule has 1 rings (SSSR count). The maximum absolute atomic E-state index is 11.9. The summed E-state index contributed by atoms with van der Waals surface area (Å²) < 4.78 is 0.851. The molecular formula is C13H16INO3. The summed E-state index contributed by atoms with van der Waals surface area (Å²) in [5, 5.41) is 11.7. The lowest BCUT2D eigenvalue weighted by Crippen LogP contribution is -2.35. The standard InChI is InChI=1S/C13H16INO3/c1-8(2)10(13(17)18)7-15-12(16)9-5-3-4-6-11(9)14/h3-6,8,10H,7H2,1-2H3,(H,15,16)(H,17,18). The van der Waals surface area contributed by atoms with E-state index in [0.29, 0.717) is 5.56 Å². The average Bonchev–Trinajstić information content (AvgIpc) is 2.28. The normalized spacial score (nSPS) is 12.2. The summed E-state index contributed by atoms with van der Waals surface area (Å²) in [4.78, 5) is 22.9. The molecule has 0 aliphatic carbocycles. The minimum absolute atomic E-state index is 0.0161. The van der Waals surface area contributed by atoms with Crippen molar-refractivity contribution in [2.45, 2.75) is 13.8 Å². The first-order chi connectivity index (χ1) is 8.43. The second-order valence-corrected chi connectivity index (χ2v) is 5.54. The van der Waals surface area contributed by atoms with Crippen molar-refractivity contribution >= 4 is 34.5 Å². The molecule has 1 amide bonds. The predicted octanol–water partition coefficient (Wildman–Crippen LogP) is 2.38. The Morgan fingerprint density at radius 3 is 2.44 bits per heavy atom. The van der Waals surface area contributed by atoms with Gasteiger partial charge in [0, 0.05) is 10.1 Å². The number of carbonyl (C=O) groups is 2. The maximum atomic E-state index is 11.9. The van der Waals surface area contributed by atoms with E-state index in [1.54, 1.807) is 12.1 Å². The van der Waals surface area contributed by atoms with Crippen LogP contribution in [0.3, 0.4) is 0 Å². The smallest absolute Gasteiger partial charge is 0.308 e. The van der Waals surface area contributed by atoms with Gasteiger partial charge < -0.3 is 10.4 Å². The van der Waals surface area contributed by atoms with Gasteiger partial charge >= 0.3 is 5.97 Å². The minimum atomic E-state index is -0.881. The summed E-state index contributed by atoms with van der Waals surface area (Å²) in [5.74, 6) is -1.69. The highest BCUT2D eigenvalue weighted by molar-refractivity contribution is 14.1. The third-order valence-corrected chi connectivity index (χ3v) is 3.66. The number of carbonyl (C=O) groups excluding carboxylic acids is 1. The van der Waals surface area contributed by atoms with Crippen LogP contribution < -0.4 is 5.32 Å². The van der Waals surface area contributed by atoms with Crippen LogP contribution in [-0.4, -0.2) is 23.5 Å². The third-order valence-electron chi connectivity index (χ3n) is 2.72. The van der Waals surface area contributed by atoms with Crippen molar-refractivity contribution in [2.24, 2.45) is 11.8 Å².